The number of carbonyl (C=O) groups is 3. The normalized spacial score (nSPS) is 23.0. The van der Waals surface area contributed by atoms with Crippen LogP contribution in [0.25, 0.3) is 0 Å². The molecule has 0 unspecified atom stereocenters. The quantitative estimate of drug-likeness (QED) is 0.646. The number of urea groups is 1. The highest BCUT2D eigenvalue weighted by Crippen LogP contribution is 2.39. The maximum absolute atomic E-state index is 13.3. The summed E-state index contributed by atoms with van der Waals surface area (Å²) in [4.78, 5) is 40.1. The second-order valence-electron chi connectivity index (χ2n) is 8.35. The summed E-state index contributed by atoms with van der Waals surface area (Å²) < 4.78 is 0. The van der Waals surface area contributed by atoms with Crippen LogP contribution in [0.1, 0.15) is 58.3 Å². The molecule has 5 rings (SSSR count). The van der Waals surface area contributed by atoms with Gasteiger partial charge in [0.25, 0.3) is 5.91 Å². The second-order valence-corrected chi connectivity index (χ2v) is 8.35. The second kappa shape index (κ2) is 6.83. The first kappa shape index (κ1) is 18.1. The molecule has 0 saturated carbocycles. The number of hydrogen-bond acceptors (Lipinski definition) is 3. The van der Waals surface area contributed by atoms with E-state index in [4.69, 9.17) is 0 Å². The Kier molecular flexibility index (Phi) is 4.26. The summed E-state index contributed by atoms with van der Waals surface area (Å²) in [5.41, 5.74) is 4.04. The summed E-state index contributed by atoms with van der Waals surface area (Å²) in [5, 5.41) is 2.92. The zero-order valence-corrected chi connectivity index (χ0v) is 16.4. The third-order valence-electron chi connectivity index (χ3n) is 6.62. The molecule has 0 radical (unpaired) electrons. The first-order chi connectivity index (χ1) is 14.1. The number of imide groups is 1. The Morgan fingerprint density at radius 3 is 2.55 bits per heavy atom. The highest BCUT2D eigenvalue weighted by molar-refractivity contribution is 6.11. The lowest BCUT2D eigenvalue weighted by molar-refractivity contribution is -0.131. The van der Waals surface area contributed by atoms with Crippen LogP contribution < -0.4 is 5.32 Å². The first-order valence-corrected chi connectivity index (χ1v) is 10.5. The average molecular weight is 388 g/mol. The standard InChI is InChI=1S/C24H24N2O3/c27-21(19-12-11-16-6-1-2-8-18(16)14-19)15-26-22(28)24(25-23(26)29)13-5-9-17-7-3-4-10-20(17)24/h3-4,7,10-12,14H,1-2,5-6,8-9,13,15H2,(H,25,29)/t24-/m1/s1. The van der Waals surface area contributed by atoms with E-state index in [-0.39, 0.29) is 18.2 Å². The lowest BCUT2D eigenvalue weighted by Crippen LogP contribution is -2.46. The minimum absolute atomic E-state index is 0.192. The van der Waals surface area contributed by atoms with Crippen molar-refractivity contribution in [3.63, 3.8) is 0 Å². The van der Waals surface area contributed by atoms with Gasteiger partial charge in [-0.1, -0.05) is 36.4 Å². The van der Waals surface area contributed by atoms with Crippen molar-refractivity contribution in [3.05, 3.63) is 70.3 Å². The summed E-state index contributed by atoms with van der Waals surface area (Å²) in [6.07, 6.45) is 6.66. The molecule has 1 N–H and O–H groups in total. The molecule has 3 amide bonds. The van der Waals surface area contributed by atoms with E-state index in [2.05, 4.69) is 5.32 Å². The number of benzene rings is 2. The zero-order chi connectivity index (χ0) is 20.0. The molecule has 5 heteroatoms. The molecular formula is C24H24N2O3. The number of rotatable bonds is 3. The van der Waals surface area contributed by atoms with Gasteiger partial charge in [-0.05, 0) is 73.3 Å². The summed E-state index contributed by atoms with van der Waals surface area (Å²) in [7, 11) is 0. The van der Waals surface area contributed by atoms with Crippen LogP contribution in [0.3, 0.4) is 0 Å². The number of ketones is 1. The molecule has 5 nitrogen and oxygen atoms in total. The molecule has 29 heavy (non-hydrogen) atoms. The Morgan fingerprint density at radius 2 is 1.69 bits per heavy atom. The van der Waals surface area contributed by atoms with Crippen LogP contribution in [-0.2, 0) is 29.6 Å². The summed E-state index contributed by atoms with van der Waals surface area (Å²) in [5.74, 6) is -0.496. The van der Waals surface area contributed by atoms with Crippen LogP contribution in [0.5, 0.6) is 0 Å². The molecule has 1 spiro atoms. The van der Waals surface area contributed by atoms with Crippen molar-refractivity contribution < 1.29 is 14.4 Å². The van der Waals surface area contributed by atoms with E-state index in [1.54, 1.807) is 0 Å². The fourth-order valence-electron chi connectivity index (χ4n) is 5.10. The lowest BCUT2D eigenvalue weighted by Gasteiger charge is -2.33. The fraction of sp³-hybridized carbons (Fsp3) is 0.375. The third kappa shape index (κ3) is 2.87. The van der Waals surface area contributed by atoms with Gasteiger partial charge in [-0.2, -0.15) is 0 Å². The Bertz CT molecular complexity index is 1030. The molecule has 0 bridgehead atoms. The Hall–Kier alpha value is -2.95. The number of amides is 3. The molecule has 1 saturated heterocycles. The molecule has 2 aromatic rings. The number of nitrogens with one attached hydrogen (secondary N) is 1. The summed E-state index contributed by atoms with van der Waals surface area (Å²) in [6.45, 7) is -0.215. The Balaban J connectivity index is 1.41. The smallest absolute Gasteiger partial charge is 0.319 e. The lowest BCUT2D eigenvalue weighted by atomic mass is 9.76. The molecule has 1 heterocycles. The number of fused-ring (bicyclic) bond motifs is 3. The van der Waals surface area contributed by atoms with Gasteiger partial charge in [0.2, 0.25) is 0 Å². The van der Waals surface area contributed by atoms with Gasteiger partial charge in [0.1, 0.15) is 5.54 Å². The third-order valence-corrected chi connectivity index (χ3v) is 6.62. The maximum Gasteiger partial charge on any atom is 0.325 e. The summed E-state index contributed by atoms with van der Waals surface area (Å²) >= 11 is 0. The minimum Gasteiger partial charge on any atom is -0.319 e. The van der Waals surface area contributed by atoms with Crippen molar-refractivity contribution in [2.45, 2.75) is 50.5 Å². The van der Waals surface area contributed by atoms with Gasteiger partial charge in [-0.3, -0.25) is 14.5 Å². The van der Waals surface area contributed by atoms with Gasteiger partial charge in [0.05, 0.1) is 6.54 Å². The van der Waals surface area contributed by atoms with Crippen molar-refractivity contribution in [1.82, 2.24) is 10.2 Å². The number of carbonyl (C=O) groups excluding carboxylic acids is 3. The molecule has 2 aliphatic carbocycles. The SMILES string of the molecule is O=C(CN1C(=O)N[C@@]2(CCCc3ccccc32)C1=O)c1ccc2c(c1)CCCC2. The Labute approximate surface area is 170 Å². The maximum atomic E-state index is 13.3. The van der Waals surface area contributed by atoms with E-state index in [0.29, 0.717) is 12.0 Å². The van der Waals surface area contributed by atoms with Crippen LogP contribution in [-0.4, -0.2) is 29.2 Å². The van der Waals surface area contributed by atoms with E-state index < -0.39 is 11.6 Å². The summed E-state index contributed by atoms with van der Waals surface area (Å²) in [6, 6.07) is 13.1. The van der Waals surface area contributed by atoms with Crippen molar-refractivity contribution in [2.75, 3.05) is 6.54 Å². The van der Waals surface area contributed by atoms with Crippen LogP contribution >= 0.6 is 0 Å². The van der Waals surface area contributed by atoms with Gasteiger partial charge < -0.3 is 5.32 Å². The Morgan fingerprint density at radius 1 is 0.931 bits per heavy atom. The van der Waals surface area contributed by atoms with Crippen LogP contribution in [0.4, 0.5) is 4.79 Å². The van der Waals surface area contributed by atoms with Crippen LogP contribution in [0.15, 0.2) is 42.5 Å². The van der Waals surface area contributed by atoms with E-state index in [1.165, 1.54) is 17.5 Å². The monoisotopic (exact) mass is 388 g/mol. The number of aryl methyl sites for hydroxylation is 3. The zero-order valence-electron chi connectivity index (χ0n) is 16.4. The van der Waals surface area contributed by atoms with Crippen molar-refractivity contribution in [1.29, 1.82) is 0 Å². The van der Waals surface area contributed by atoms with E-state index in [0.717, 1.165) is 48.1 Å². The van der Waals surface area contributed by atoms with Crippen LogP contribution in [0, 0.1) is 0 Å². The molecule has 148 valence electrons. The highest BCUT2D eigenvalue weighted by Gasteiger charge is 2.54. The molecule has 1 fully saturated rings. The predicted octanol–water partition coefficient (Wildman–Crippen LogP) is 3.53. The van der Waals surface area contributed by atoms with Gasteiger partial charge in [-0.15, -0.1) is 0 Å². The topological polar surface area (TPSA) is 66.5 Å². The van der Waals surface area contributed by atoms with Gasteiger partial charge in [0, 0.05) is 5.56 Å². The number of hydrogen-bond donors (Lipinski definition) is 1. The minimum atomic E-state index is -1.03. The molecule has 1 aliphatic heterocycles. The first-order valence-electron chi connectivity index (χ1n) is 10.5. The van der Waals surface area contributed by atoms with Crippen molar-refractivity contribution in [3.8, 4) is 0 Å². The number of nitrogens with zero attached hydrogens (tertiary/aromatic N) is 1. The molecule has 2 aromatic carbocycles. The van der Waals surface area contributed by atoms with E-state index in [9.17, 15) is 14.4 Å². The fourth-order valence-corrected chi connectivity index (χ4v) is 5.10. The molecule has 1 atom stereocenters. The predicted molar refractivity (Wildman–Crippen MR) is 109 cm³/mol. The van der Waals surface area contributed by atoms with Crippen molar-refractivity contribution >= 4 is 17.7 Å². The number of Topliss-reactive ketones (excluding diaryl/α,β-unsaturated/α-hetero) is 1. The van der Waals surface area contributed by atoms with Gasteiger partial charge in [-0.25, -0.2) is 4.79 Å². The van der Waals surface area contributed by atoms with E-state index in [1.807, 2.05) is 42.5 Å². The molecule has 0 aromatic heterocycles. The van der Waals surface area contributed by atoms with E-state index >= 15 is 0 Å². The molecule has 3 aliphatic rings. The van der Waals surface area contributed by atoms with Crippen molar-refractivity contribution in [2.24, 2.45) is 0 Å². The largest absolute Gasteiger partial charge is 0.325 e. The highest BCUT2D eigenvalue weighted by atomic mass is 16.2. The molecular weight excluding hydrogens is 364 g/mol. The van der Waals surface area contributed by atoms with Gasteiger partial charge in [0.15, 0.2) is 5.78 Å². The van der Waals surface area contributed by atoms with Crippen LogP contribution in [0.2, 0.25) is 0 Å². The van der Waals surface area contributed by atoms with Gasteiger partial charge >= 0.3 is 6.03 Å². The average Bonchev–Trinajstić information content (AvgIpc) is 2.98.